The third-order valence-electron chi connectivity index (χ3n) is 4.62. The largest absolute Gasteiger partial charge is 0.417 e. The van der Waals surface area contributed by atoms with Gasteiger partial charge in [-0.15, -0.1) is 12.6 Å². The van der Waals surface area contributed by atoms with Gasteiger partial charge in [-0.2, -0.15) is 0 Å². The molecule has 138 valence electrons. The van der Waals surface area contributed by atoms with Gasteiger partial charge in [-0.05, 0) is 38.4 Å². The van der Waals surface area contributed by atoms with Gasteiger partial charge in [-0.1, -0.05) is 46.0 Å². The van der Waals surface area contributed by atoms with E-state index in [1.165, 1.54) is 19.3 Å². The molecule has 23 heavy (non-hydrogen) atoms. The van der Waals surface area contributed by atoms with Gasteiger partial charge in [-0.25, -0.2) is 0 Å². The van der Waals surface area contributed by atoms with E-state index in [1.807, 2.05) is 6.92 Å². The van der Waals surface area contributed by atoms with Crippen LogP contribution in [0, 0.1) is 5.92 Å². The summed E-state index contributed by atoms with van der Waals surface area (Å²) in [5.74, 6) is 0.0498. The van der Waals surface area contributed by atoms with Gasteiger partial charge in [0.25, 0.3) is 0 Å². The molecule has 3 nitrogen and oxygen atoms in total. The van der Waals surface area contributed by atoms with Crippen LogP contribution in [0.25, 0.3) is 0 Å². The summed E-state index contributed by atoms with van der Waals surface area (Å²) < 4.78 is 11.6. The van der Waals surface area contributed by atoms with E-state index in [-0.39, 0.29) is 11.0 Å². The third kappa shape index (κ3) is 9.90. The molecule has 0 aromatic carbocycles. The number of rotatable bonds is 15. The Morgan fingerprint density at radius 2 is 1.74 bits per heavy atom. The normalized spacial score (nSPS) is 14.7. The first kappa shape index (κ1) is 23.2. The summed E-state index contributed by atoms with van der Waals surface area (Å²) >= 11 is 4.19. The summed E-state index contributed by atoms with van der Waals surface area (Å²) in [6, 6.07) is 0. The van der Waals surface area contributed by atoms with Crippen LogP contribution >= 0.6 is 12.6 Å². The van der Waals surface area contributed by atoms with Crippen molar-refractivity contribution in [3.8, 4) is 0 Å². The van der Waals surface area contributed by atoms with Gasteiger partial charge in [-0.3, -0.25) is 4.79 Å². The SMILES string of the molecule is CCCCCCC(C(=O)S)C(CC)[Si](C)(C)OCCCOCC. The van der Waals surface area contributed by atoms with E-state index < -0.39 is 8.32 Å². The molecular formula is C18H38O3SSi. The molecule has 0 bridgehead atoms. The van der Waals surface area contributed by atoms with E-state index >= 15 is 0 Å². The Kier molecular flexibility index (Phi) is 13.5. The quantitative estimate of drug-likeness (QED) is 0.239. The number of carbonyl (C=O) groups excluding carboxylic acids is 1. The zero-order valence-corrected chi connectivity index (χ0v) is 17.8. The number of hydrogen-bond donors (Lipinski definition) is 1. The molecule has 0 aromatic rings. The van der Waals surface area contributed by atoms with Crippen molar-refractivity contribution in [3.63, 3.8) is 0 Å². The minimum absolute atomic E-state index is 0.0480. The minimum Gasteiger partial charge on any atom is -0.417 e. The van der Waals surface area contributed by atoms with E-state index in [2.05, 4.69) is 39.6 Å². The van der Waals surface area contributed by atoms with Crippen LogP contribution in [0.3, 0.4) is 0 Å². The van der Waals surface area contributed by atoms with E-state index in [9.17, 15) is 4.79 Å². The smallest absolute Gasteiger partial charge is 0.190 e. The maximum Gasteiger partial charge on any atom is 0.190 e. The van der Waals surface area contributed by atoms with Crippen LogP contribution in [-0.2, 0) is 14.0 Å². The Labute approximate surface area is 150 Å². The highest BCUT2D eigenvalue weighted by molar-refractivity contribution is 7.96. The Morgan fingerprint density at radius 1 is 1.04 bits per heavy atom. The molecule has 0 aliphatic carbocycles. The summed E-state index contributed by atoms with van der Waals surface area (Å²) in [5, 5.41) is 0.0480. The first-order chi connectivity index (χ1) is 10.9. The van der Waals surface area contributed by atoms with Crippen LogP contribution < -0.4 is 0 Å². The average molecular weight is 363 g/mol. The van der Waals surface area contributed by atoms with Crippen molar-refractivity contribution in [2.75, 3.05) is 19.8 Å². The fourth-order valence-corrected chi connectivity index (χ4v) is 6.90. The maximum absolute atomic E-state index is 12.1. The number of thiol groups is 1. The van der Waals surface area contributed by atoms with E-state index in [0.717, 1.165) is 45.5 Å². The van der Waals surface area contributed by atoms with Gasteiger partial charge in [0.1, 0.15) is 0 Å². The molecule has 0 fully saturated rings. The van der Waals surface area contributed by atoms with Crippen LogP contribution in [-0.4, -0.2) is 33.3 Å². The van der Waals surface area contributed by atoms with Crippen LogP contribution in [0.1, 0.15) is 65.7 Å². The predicted octanol–water partition coefficient (Wildman–Crippen LogP) is 5.46. The van der Waals surface area contributed by atoms with Gasteiger partial charge in [0.05, 0.1) is 0 Å². The van der Waals surface area contributed by atoms with Crippen molar-refractivity contribution in [1.82, 2.24) is 0 Å². The van der Waals surface area contributed by atoms with Crippen molar-refractivity contribution < 1.29 is 14.0 Å². The summed E-state index contributed by atoms with van der Waals surface area (Å²) in [7, 11) is -1.91. The van der Waals surface area contributed by atoms with E-state index in [4.69, 9.17) is 9.16 Å². The molecular weight excluding hydrogens is 324 g/mol. The highest BCUT2D eigenvalue weighted by Gasteiger charge is 2.39. The molecule has 2 unspecified atom stereocenters. The maximum atomic E-state index is 12.1. The van der Waals surface area contributed by atoms with Crippen LogP contribution in [0.15, 0.2) is 0 Å². The van der Waals surface area contributed by atoms with Gasteiger partial charge in [0, 0.05) is 25.7 Å². The summed E-state index contributed by atoms with van der Waals surface area (Å²) in [4.78, 5) is 12.1. The lowest BCUT2D eigenvalue weighted by Gasteiger charge is -2.36. The molecule has 0 radical (unpaired) electrons. The number of carbonyl (C=O) groups is 1. The molecule has 0 aliphatic heterocycles. The lowest BCUT2D eigenvalue weighted by molar-refractivity contribution is -0.114. The number of unbranched alkanes of at least 4 members (excludes halogenated alkanes) is 3. The highest BCUT2D eigenvalue weighted by Crippen LogP contribution is 2.38. The van der Waals surface area contributed by atoms with E-state index in [1.54, 1.807) is 0 Å². The molecule has 0 saturated heterocycles. The fraction of sp³-hybridized carbons (Fsp3) is 0.944. The monoisotopic (exact) mass is 362 g/mol. The molecule has 2 atom stereocenters. The summed E-state index contributed by atoms with van der Waals surface area (Å²) in [6.07, 6.45) is 7.68. The topological polar surface area (TPSA) is 35.5 Å². The van der Waals surface area contributed by atoms with Crippen molar-refractivity contribution in [3.05, 3.63) is 0 Å². The lowest BCUT2D eigenvalue weighted by atomic mass is 9.97. The lowest BCUT2D eigenvalue weighted by Crippen LogP contribution is -2.42. The molecule has 0 heterocycles. The van der Waals surface area contributed by atoms with Crippen LogP contribution in [0.4, 0.5) is 0 Å². The van der Waals surface area contributed by atoms with Gasteiger partial charge < -0.3 is 9.16 Å². The second-order valence-corrected chi connectivity index (χ2v) is 11.5. The van der Waals surface area contributed by atoms with Crippen LogP contribution in [0.5, 0.6) is 0 Å². The highest BCUT2D eigenvalue weighted by atomic mass is 32.1. The molecule has 0 rings (SSSR count). The zero-order chi connectivity index (χ0) is 17.7. The molecule has 0 aliphatic rings. The van der Waals surface area contributed by atoms with Crippen molar-refractivity contribution >= 4 is 26.1 Å². The first-order valence-electron chi connectivity index (χ1n) is 9.35. The average Bonchev–Trinajstić information content (AvgIpc) is 2.49. The third-order valence-corrected chi connectivity index (χ3v) is 8.49. The predicted molar refractivity (Wildman–Crippen MR) is 105 cm³/mol. The Hall–Kier alpha value is 0.157. The summed E-state index contributed by atoms with van der Waals surface area (Å²) in [5.41, 5.74) is 0.348. The molecule has 0 saturated carbocycles. The zero-order valence-electron chi connectivity index (χ0n) is 15.9. The van der Waals surface area contributed by atoms with Gasteiger partial charge in [0.2, 0.25) is 0 Å². The van der Waals surface area contributed by atoms with Gasteiger partial charge >= 0.3 is 0 Å². The molecule has 0 spiro atoms. The second kappa shape index (κ2) is 13.4. The second-order valence-electron chi connectivity index (χ2n) is 6.81. The van der Waals surface area contributed by atoms with Crippen molar-refractivity contribution in [2.45, 2.75) is 84.4 Å². The van der Waals surface area contributed by atoms with Crippen molar-refractivity contribution in [1.29, 1.82) is 0 Å². The Balaban J connectivity index is 4.57. The first-order valence-corrected chi connectivity index (χ1v) is 12.8. The van der Waals surface area contributed by atoms with Gasteiger partial charge in [0.15, 0.2) is 13.4 Å². The van der Waals surface area contributed by atoms with Crippen LogP contribution in [0.2, 0.25) is 18.6 Å². The number of ether oxygens (including phenoxy) is 1. The Bertz CT molecular complexity index is 311. The summed E-state index contributed by atoms with van der Waals surface area (Å²) in [6.45, 7) is 13.1. The Morgan fingerprint density at radius 3 is 2.26 bits per heavy atom. The van der Waals surface area contributed by atoms with E-state index in [0.29, 0.717) is 5.54 Å². The minimum atomic E-state index is -1.91. The molecule has 5 heteroatoms. The standard InChI is InChI=1S/C18H38O3SSi/c1-6-9-10-11-13-16(18(19)22)17(7-2)23(4,5)21-15-12-14-20-8-3/h16-17H,6-15H2,1-5H3,(H,19,22). The van der Waals surface area contributed by atoms with Crippen molar-refractivity contribution in [2.24, 2.45) is 5.92 Å². The molecule has 0 aromatic heterocycles. The number of hydrogen-bond acceptors (Lipinski definition) is 3. The molecule has 0 N–H and O–H groups in total. The fourth-order valence-electron chi connectivity index (χ4n) is 3.30. The molecule has 0 amide bonds.